The molecule has 2 aliphatic rings. The van der Waals surface area contributed by atoms with Gasteiger partial charge < -0.3 is 19.3 Å². The van der Waals surface area contributed by atoms with Crippen molar-refractivity contribution in [1.29, 1.82) is 0 Å². The lowest BCUT2D eigenvalue weighted by Crippen LogP contribution is -2.49. The summed E-state index contributed by atoms with van der Waals surface area (Å²) in [7, 11) is -2.33. The van der Waals surface area contributed by atoms with Gasteiger partial charge in [-0.25, -0.2) is 8.42 Å². The molecule has 0 spiro atoms. The smallest absolute Gasteiger partial charge is 0.244 e. The Morgan fingerprint density at radius 3 is 2.31 bits per heavy atom. The first-order valence-corrected chi connectivity index (χ1v) is 14.9. The summed E-state index contributed by atoms with van der Waals surface area (Å²) >= 11 is 0. The number of aromatic nitrogens is 1. The minimum atomic E-state index is -3.89. The van der Waals surface area contributed by atoms with E-state index in [1.165, 1.54) is 4.31 Å². The lowest BCUT2D eigenvalue weighted by atomic mass is 9.85. The number of nitrogens with zero attached hydrogens (tertiary/aromatic N) is 3. The molecule has 1 saturated heterocycles. The number of sulfonamides is 1. The van der Waals surface area contributed by atoms with Crippen molar-refractivity contribution in [2.75, 3.05) is 26.7 Å². The molecule has 208 valence electrons. The summed E-state index contributed by atoms with van der Waals surface area (Å²) in [5.41, 5.74) is 2.28. The van der Waals surface area contributed by atoms with E-state index in [1.807, 2.05) is 53.2 Å². The zero-order valence-corrected chi connectivity index (χ0v) is 23.7. The average Bonchev–Trinajstić information content (AvgIpc) is 3.38. The summed E-state index contributed by atoms with van der Waals surface area (Å²) in [6.07, 6.45) is 3.51. The largest absolute Gasteiger partial charge is 0.497 e. The van der Waals surface area contributed by atoms with Crippen LogP contribution in [0.25, 0.3) is 0 Å². The molecular formula is C30H37N3O5S. The van der Waals surface area contributed by atoms with E-state index in [4.69, 9.17) is 4.74 Å². The minimum Gasteiger partial charge on any atom is -0.497 e. The molecule has 8 nitrogen and oxygen atoms in total. The number of rotatable bonds is 7. The second-order valence-electron chi connectivity index (χ2n) is 10.8. The number of piperidine rings is 1. The van der Waals surface area contributed by atoms with E-state index in [2.05, 4.69) is 0 Å². The second-order valence-corrected chi connectivity index (χ2v) is 12.6. The van der Waals surface area contributed by atoms with Gasteiger partial charge in [0.15, 0.2) is 0 Å². The van der Waals surface area contributed by atoms with Crippen molar-refractivity contribution in [3.63, 3.8) is 0 Å². The van der Waals surface area contributed by atoms with Crippen molar-refractivity contribution >= 4 is 15.9 Å². The molecule has 0 bridgehead atoms. The van der Waals surface area contributed by atoms with Crippen LogP contribution in [0.1, 0.15) is 47.7 Å². The van der Waals surface area contributed by atoms with E-state index in [-0.39, 0.29) is 23.8 Å². The molecular weight excluding hydrogens is 514 g/mol. The van der Waals surface area contributed by atoms with Gasteiger partial charge in [0.05, 0.1) is 23.6 Å². The number of carbonyl (C=O) groups excluding carboxylic acids is 1. The van der Waals surface area contributed by atoms with E-state index in [9.17, 15) is 18.3 Å². The molecule has 0 saturated carbocycles. The summed E-state index contributed by atoms with van der Waals surface area (Å²) < 4.78 is 37.1. The summed E-state index contributed by atoms with van der Waals surface area (Å²) in [5.74, 6) is 0.514. The fraction of sp³-hybridized carbons (Fsp3) is 0.433. The number of likely N-dealkylation sites (tertiary alicyclic amines) is 1. The van der Waals surface area contributed by atoms with E-state index in [0.29, 0.717) is 55.8 Å². The Kier molecular flexibility index (Phi) is 7.59. The van der Waals surface area contributed by atoms with Crippen LogP contribution in [0.15, 0.2) is 65.7 Å². The Hall–Kier alpha value is -3.14. The highest BCUT2D eigenvalue weighted by Crippen LogP contribution is 2.37. The number of aryl methyl sites for hydroxylation is 2. The Morgan fingerprint density at radius 1 is 1.00 bits per heavy atom. The zero-order chi connectivity index (χ0) is 27.8. The summed E-state index contributed by atoms with van der Waals surface area (Å²) in [6.45, 7) is 5.25. The second kappa shape index (κ2) is 10.8. The average molecular weight is 552 g/mol. The molecule has 2 aromatic carbocycles. The fourth-order valence-corrected chi connectivity index (χ4v) is 8.11. The molecule has 1 N–H and O–H groups in total. The first kappa shape index (κ1) is 27.4. The number of amides is 1. The zero-order valence-electron chi connectivity index (χ0n) is 22.8. The Balaban J connectivity index is 1.36. The molecule has 3 aromatic rings. The van der Waals surface area contributed by atoms with Crippen LogP contribution in [0, 0.1) is 13.8 Å². The maximum absolute atomic E-state index is 14.1. The van der Waals surface area contributed by atoms with Gasteiger partial charge in [-0.3, -0.25) is 4.79 Å². The van der Waals surface area contributed by atoms with E-state index >= 15 is 0 Å². The molecule has 1 aromatic heterocycles. The molecule has 0 aliphatic carbocycles. The van der Waals surface area contributed by atoms with Crippen LogP contribution in [0.2, 0.25) is 0 Å². The topological polar surface area (TPSA) is 92.1 Å². The summed E-state index contributed by atoms with van der Waals surface area (Å²) in [5, 5.41) is 11.2. The number of fused-ring (bicyclic) bond motifs is 1. The molecule has 1 amide bonds. The van der Waals surface area contributed by atoms with E-state index in [0.717, 1.165) is 11.3 Å². The van der Waals surface area contributed by atoms with Gasteiger partial charge in [-0.2, -0.15) is 4.31 Å². The standard InChI is InChI=1S/C30H37N3O5S/c1-22-18-25(38-3)19-23(2)29(22)39(36,37)33-17-16-31-13-7-10-26(31)27(33)20-28(34)32-14-11-30(35,12-15-32)21-24-8-5-4-6-9-24/h4-10,13,18-19,27,35H,11-12,14-17,20-21H2,1-3H3. The molecule has 9 heteroatoms. The molecule has 3 heterocycles. The lowest BCUT2D eigenvalue weighted by molar-refractivity contribution is -0.136. The third kappa shape index (κ3) is 5.48. The van der Waals surface area contributed by atoms with Gasteiger partial charge in [0, 0.05) is 50.9 Å². The lowest BCUT2D eigenvalue weighted by Gasteiger charge is -2.40. The molecule has 0 radical (unpaired) electrons. The highest BCUT2D eigenvalue weighted by atomic mass is 32.2. The minimum absolute atomic E-state index is 0.0502. The fourth-order valence-electron chi connectivity index (χ4n) is 6.11. The van der Waals surface area contributed by atoms with E-state index in [1.54, 1.807) is 38.0 Å². The molecule has 1 fully saturated rings. The Bertz CT molecular complexity index is 1420. The summed E-state index contributed by atoms with van der Waals surface area (Å²) in [4.78, 5) is 15.6. The normalized spacial score (nSPS) is 19.5. The van der Waals surface area contributed by atoms with Crippen LogP contribution in [-0.4, -0.2) is 65.5 Å². The van der Waals surface area contributed by atoms with Crippen molar-refractivity contribution < 1.29 is 23.1 Å². The first-order valence-electron chi connectivity index (χ1n) is 13.5. The van der Waals surface area contributed by atoms with Crippen LogP contribution in [-0.2, 0) is 27.8 Å². The van der Waals surface area contributed by atoms with Gasteiger partial charge in [-0.1, -0.05) is 30.3 Å². The van der Waals surface area contributed by atoms with Crippen LogP contribution < -0.4 is 4.74 Å². The van der Waals surface area contributed by atoms with Crippen molar-refractivity contribution in [3.8, 4) is 5.75 Å². The molecule has 39 heavy (non-hydrogen) atoms. The monoisotopic (exact) mass is 551 g/mol. The molecule has 1 unspecified atom stereocenters. The van der Waals surface area contributed by atoms with Crippen molar-refractivity contribution in [2.45, 2.75) is 62.6 Å². The Labute approximate surface area is 230 Å². The maximum Gasteiger partial charge on any atom is 0.244 e. The molecule has 2 aliphatic heterocycles. The molecule has 1 atom stereocenters. The summed E-state index contributed by atoms with van der Waals surface area (Å²) in [6, 6.07) is 16.6. The quantitative estimate of drug-likeness (QED) is 0.482. The third-order valence-corrected chi connectivity index (χ3v) is 10.4. The van der Waals surface area contributed by atoms with Gasteiger partial charge in [0.1, 0.15) is 5.75 Å². The number of benzene rings is 2. The number of ether oxygens (including phenoxy) is 1. The number of aliphatic hydroxyl groups is 1. The first-order chi connectivity index (χ1) is 18.6. The van der Waals surface area contributed by atoms with Gasteiger partial charge in [0.25, 0.3) is 0 Å². The number of hydrogen-bond acceptors (Lipinski definition) is 5. The van der Waals surface area contributed by atoms with Crippen LogP contribution >= 0.6 is 0 Å². The molecule has 5 rings (SSSR count). The predicted octanol–water partition coefficient (Wildman–Crippen LogP) is 3.85. The highest BCUT2D eigenvalue weighted by Gasteiger charge is 2.41. The van der Waals surface area contributed by atoms with Crippen LogP contribution in [0.5, 0.6) is 5.75 Å². The number of hydrogen-bond donors (Lipinski definition) is 1. The highest BCUT2D eigenvalue weighted by molar-refractivity contribution is 7.89. The number of carbonyl (C=O) groups is 1. The Morgan fingerprint density at radius 2 is 1.67 bits per heavy atom. The van der Waals surface area contributed by atoms with Crippen LogP contribution in [0.4, 0.5) is 0 Å². The van der Waals surface area contributed by atoms with Crippen molar-refractivity contribution in [1.82, 2.24) is 13.8 Å². The predicted molar refractivity (Wildman–Crippen MR) is 149 cm³/mol. The van der Waals surface area contributed by atoms with Crippen molar-refractivity contribution in [3.05, 3.63) is 83.2 Å². The van der Waals surface area contributed by atoms with Gasteiger partial charge in [-0.15, -0.1) is 0 Å². The third-order valence-electron chi connectivity index (χ3n) is 8.14. The van der Waals surface area contributed by atoms with Gasteiger partial charge in [-0.05, 0) is 67.6 Å². The SMILES string of the molecule is COc1cc(C)c(S(=O)(=O)N2CCn3cccc3C2CC(=O)N2CCC(O)(Cc3ccccc3)CC2)c(C)c1. The maximum atomic E-state index is 14.1. The number of methoxy groups -OCH3 is 1. The van der Waals surface area contributed by atoms with Gasteiger partial charge in [0.2, 0.25) is 15.9 Å². The van der Waals surface area contributed by atoms with Gasteiger partial charge >= 0.3 is 0 Å². The van der Waals surface area contributed by atoms with Crippen LogP contribution in [0.3, 0.4) is 0 Å². The van der Waals surface area contributed by atoms with Crippen molar-refractivity contribution in [2.24, 2.45) is 0 Å². The van der Waals surface area contributed by atoms with E-state index < -0.39 is 21.7 Å².